The molecule has 1 aliphatic heterocycles. The number of amides is 1. The standard InChI is InChI=1S/C26H27NO3/c1-2-29-22-16-14-21(15-17-22)24-12-8-18-27(24)26(28)19-30-25-13-7-6-11-23(25)20-9-4-3-5-10-20/h3-7,9-11,13-17,24H,2,8,12,18-19H2,1H3. The number of benzene rings is 3. The molecule has 0 aromatic heterocycles. The first kappa shape index (κ1) is 20.0. The lowest BCUT2D eigenvalue weighted by atomic mass is 10.0. The van der Waals surface area contributed by atoms with E-state index in [1.165, 1.54) is 0 Å². The number of nitrogens with zero attached hydrogens (tertiary/aromatic N) is 1. The molecule has 4 nitrogen and oxygen atoms in total. The molecule has 3 aromatic rings. The van der Waals surface area contributed by atoms with Crippen molar-refractivity contribution >= 4 is 5.91 Å². The summed E-state index contributed by atoms with van der Waals surface area (Å²) in [7, 11) is 0. The highest BCUT2D eigenvalue weighted by atomic mass is 16.5. The molecular formula is C26H27NO3. The van der Waals surface area contributed by atoms with Crippen LogP contribution in [-0.2, 0) is 4.79 Å². The lowest BCUT2D eigenvalue weighted by molar-refractivity contribution is -0.134. The molecule has 1 aliphatic rings. The normalized spacial score (nSPS) is 15.8. The first-order chi connectivity index (χ1) is 14.8. The molecule has 4 rings (SSSR count). The summed E-state index contributed by atoms with van der Waals surface area (Å²) in [5, 5.41) is 0. The Hall–Kier alpha value is -3.27. The van der Waals surface area contributed by atoms with E-state index in [1.54, 1.807) is 0 Å². The van der Waals surface area contributed by atoms with Crippen LogP contribution in [0.3, 0.4) is 0 Å². The van der Waals surface area contributed by atoms with Crippen LogP contribution in [0.4, 0.5) is 0 Å². The molecule has 0 radical (unpaired) electrons. The molecule has 4 heteroatoms. The van der Waals surface area contributed by atoms with Gasteiger partial charge in [0.2, 0.25) is 0 Å². The number of hydrogen-bond acceptors (Lipinski definition) is 3. The topological polar surface area (TPSA) is 38.8 Å². The smallest absolute Gasteiger partial charge is 0.261 e. The molecule has 3 aromatic carbocycles. The van der Waals surface area contributed by atoms with Crippen LogP contribution in [-0.4, -0.2) is 30.6 Å². The summed E-state index contributed by atoms with van der Waals surface area (Å²) in [5.41, 5.74) is 3.22. The van der Waals surface area contributed by atoms with Gasteiger partial charge in [-0.05, 0) is 49.1 Å². The highest BCUT2D eigenvalue weighted by molar-refractivity contribution is 5.79. The monoisotopic (exact) mass is 401 g/mol. The van der Waals surface area contributed by atoms with E-state index >= 15 is 0 Å². The fraction of sp³-hybridized carbons (Fsp3) is 0.269. The maximum absolute atomic E-state index is 13.0. The van der Waals surface area contributed by atoms with Gasteiger partial charge < -0.3 is 14.4 Å². The van der Waals surface area contributed by atoms with Gasteiger partial charge in [0.25, 0.3) is 5.91 Å². The first-order valence-electron chi connectivity index (χ1n) is 10.6. The highest BCUT2D eigenvalue weighted by Gasteiger charge is 2.30. The van der Waals surface area contributed by atoms with Crippen molar-refractivity contribution in [2.75, 3.05) is 19.8 Å². The fourth-order valence-corrected chi connectivity index (χ4v) is 4.04. The van der Waals surface area contributed by atoms with Crippen molar-refractivity contribution < 1.29 is 14.3 Å². The highest BCUT2D eigenvalue weighted by Crippen LogP contribution is 2.34. The van der Waals surface area contributed by atoms with Crippen LogP contribution in [0.1, 0.15) is 31.4 Å². The van der Waals surface area contributed by atoms with Crippen LogP contribution in [0, 0.1) is 0 Å². The Morgan fingerprint density at radius 3 is 2.43 bits per heavy atom. The van der Waals surface area contributed by atoms with Crippen molar-refractivity contribution in [3.05, 3.63) is 84.4 Å². The van der Waals surface area contributed by atoms with Crippen LogP contribution in [0.15, 0.2) is 78.9 Å². The molecule has 0 saturated carbocycles. The van der Waals surface area contributed by atoms with Crippen molar-refractivity contribution in [2.45, 2.75) is 25.8 Å². The average Bonchev–Trinajstić information content (AvgIpc) is 3.29. The van der Waals surface area contributed by atoms with Crippen LogP contribution >= 0.6 is 0 Å². The molecule has 0 N–H and O–H groups in total. The molecule has 1 saturated heterocycles. The lowest BCUT2D eigenvalue weighted by Gasteiger charge is -2.25. The second-order valence-electron chi connectivity index (χ2n) is 7.40. The van der Waals surface area contributed by atoms with E-state index in [9.17, 15) is 4.79 Å². The predicted octanol–water partition coefficient (Wildman–Crippen LogP) is 5.49. The summed E-state index contributed by atoms with van der Waals surface area (Å²) in [6.07, 6.45) is 1.98. The van der Waals surface area contributed by atoms with Crippen LogP contribution < -0.4 is 9.47 Å². The van der Waals surface area contributed by atoms with Crippen molar-refractivity contribution in [3.63, 3.8) is 0 Å². The lowest BCUT2D eigenvalue weighted by Crippen LogP contribution is -2.34. The fourth-order valence-electron chi connectivity index (χ4n) is 4.04. The summed E-state index contributed by atoms with van der Waals surface area (Å²) in [5.74, 6) is 1.61. The minimum Gasteiger partial charge on any atom is -0.494 e. The second kappa shape index (κ2) is 9.49. The number of carbonyl (C=O) groups is 1. The number of para-hydroxylation sites is 1. The van der Waals surface area contributed by atoms with Crippen LogP contribution in [0.25, 0.3) is 11.1 Å². The van der Waals surface area contributed by atoms with Crippen molar-refractivity contribution in [1.82, 2.24) is 4.90 Å². The third-order valence-corrected chi connectivity index (χ3v) is 5.47. The van der Waals surface area contributed by atoms with E-state index in [-0.39, 0.29) is 18.6 Å². The van der Waals surface area contributed by atoms with Gasteiger partial charge >= 0.3 is 0 Å². The molecule has 1 amide bonds. The molecule has 30 heavy (non-hydrogen) atoms. The number of ether oxygens (including phenoxy) is 2. The van der Waals surface area contributed by atoms with E-state index in [1.807, 2.05) is 78.6 Å². The Balaban J connectivity index is 1.44. The average molecular weight is 402 g/mol. The molecule has 1 atom stereocenters. The Labute approximate surface area is 178 Å². The minimum atomic E-state index is 0.0225. The molecule has 0 aliphatic carbocycles. The zero-order chi connectivity index (χ0) is 20.8. The maximum Gasteiger partial charge on any atom is 0.261 e. The predicted molar refractivity (Wildman–Crippen MR) is 119 cm³/mol. The molecule has 0 spiro atoms. The van der Waals surface area contributed by atoms with E-state index in [0.717, 1.165) is 47.6 Å². The molecule has 1 fully saturated rings. The van der Waals surface area contributed by atoms with Gasteiger partial charge in [0.1, 0.15) is 11.5 Å². The molecule has 154 valence electrons. The van der Waals surface area contributed by atoms with Gasteiger partial charge in [0.05, 0.1) is 12.6 Å². The van der Waals surface area contributed by atoms with E-state index in [2.05, 4.69) is 12.1 Å². The Bertz CT molecular complexity index is 969. The summed E-state index contributed by atoms with van der Waals surface area (Å²) in [6.45, 7) is 3.42. The van der Waals surface area contributed by atoms with Crippen molar-refractivity contribution in [1.29, 1.82) is 0 Å². The van der Waals surface area contributed by atoms with Gasteiger partial charge in [-0.2, -0.15) is 0 Å². The molecular weight excluding hydrogens is 374 g/mol. The van der Waals surface area contributed by atoms with Gasteiger partial charge in [-0.1, -0.05) is 60.7 Å². The summed E-state index contributed by atoms with van der Waals surface area (Å²) >= 11 is 0. The summed E-state index contributed by atoms with van der Waals surface area (Å²) in [6, 6.07) is 26.1. The maximum atomic E-state index is 13.0. The number of likely N-dealkylation sites (tertiary alicyclic amines) is 1. The summed E-state index contributed by atoms with van der Waals surface area (Å²) < 4.78 is 11.5. The van der Waals surface area contributed by atoms with Gasteiger partial charge in [0.15, 0.2) is 6.61 Å². The minimum absolute atomic E-state index is 0.0225. The molecule has 1 heterocycles. The molecule has 1 unspecified atom stereocenters. The number of hydrogen-bond donors (Lipinski definition) is 0. The zero-order valence-corrected chi connectivity index (χ0v) is 17.3. The SMILES string of the molecule is CCOc1ccc(C2CCCN2C(=O)COc2ccccc2-c2ccccc2)cc1. The van der Waals surface area contributed by atoms with E-state index in [4.69, 9.17) is 9.47 Å². The Kier molecular flexibility index (Phi) is 6.33. The van der Waals surface area contributed by atoms with Crippen LogP contribution in [0.2, 0.25) is 0 Å². The Morgan fingerprint density at radius 2 is 1.67 bits per heavy atom. The van der Waals surface area contributed by atoms with Crippen LogP contribution in [0.5, 0.6) is 11.5 Å². The van der Waals surface area contributed by atoms with Gasteiger partial charge in [-0.15, -0.1) is 0 Å². The molecule has 0 bridgehead atoms. The van der Waals surface area contributed by atoms with Crippen molar-refractivity contribution in [2.24, 2.45) is 0 Å². The van der Waals surface area contributed by atoms with Crippen molar-refractivity contribution in [3.8, 4) is 22.6 Å². The third kappa shape index (κ3) is 4.48. The largest absolute Gasteiger partial charge is 0.494 e. The van der Waals surface area contributed by atoms with Gasteiger partial charge in [-0.25, -0.2) is 0 Å². The first-order valence-corrected chi connectivity index (χ1v) is 10.6. The third-order valence-electron chi connectivity index (χ3n) is 5.47. The van der Waals surface area contributed by atoms with Gasteiger partial charge in [0, 0.05) is 12.1 Å². The van der Waals surface area contributed by atoms with E-state index in [0.29, 0.717) is 6.61 Å². The number of carbonyl (C=O) groups excluding carboxylic acids is 1. The summed E-state index contributed by atoms with van der Waals surface area (Å²) in [4.78, 5) is 14.9. The quantitative estimate of drug-likeness (QED) is 0.525. The number of rotatable bonds is 7. The zero-order valence-electron chi connectivity index (χ0n) is 17.3. The Morgan fingerprint density at radius 1 is 0.933 bits per heavy atom. The van der Waals surface area contributed by atoms with Gasteiger partial charge in [-0.3, -0.25) is 4.79 Å². The second-order valence-corrected chi connectivity index (χ2v) is 7.40. The van der Waals surface area contributed by atoms with E-state index < -0.39 is 0 Å².